The molecule has 14 heavy (non-hydrogen) atoms. The van der Waals surface area contributed by atoms with E-state index >= 15 is 0 Å². The first-order valence-corrected chi connectivity index (χ1v) is 4.97. The van der Waals surface area contributed by atoms with Gasteiger partial charge in [-0.2, -0.15) is 13.2 Å². The Morgan fingerprint density at radius 1 is 1.29 bits per heavy atom. The zero-order valence-corrected chi connectivity index (χ0v) is 8.97. The smallest absolute Gasteiger partial charge is 0.207 e. The van der Waals surface area contributed by atoms with Gasteiger partial charge in [-0.25, -0.2) is 4.39 Å². The predicted molar refractivity (Wildman–Crippen MR) is 49.0 cm³/mol. The molecule has 0 nitrogen and oxygen atoms in total. The molecule has 0 amide bonds. The molecule has 78 valence electrons. The van der Waals surface area contributed by atoms with Crippen LogP contribution in [0.1, 0.15) is 11.1 Å². The molecule has 1 aromatic rings. The van der Waals surface area contributed by atoms with Crippen LogP contribution in [0, 0.1) is 5.82 Å². The van der Waals surface area contributed by atoms with Crippen molar-refractivity contribution >= 4 is 27.5 Å². The van der Waals surface area contributed by atoms with Crippen LogP contribution in [0.2, 0.25) is 5.02 Å². The van der Waals surface area contributed by atoms with Gasteiger partial charge in [0, 0.05) is 5.33 Å². The van der Waals surface area contributed by atoms with Crippen molar-refractivity contribution in [1.29, 1.82) is 0 Å². The second kappa shape index (κ2) is 4.06. The Morgan fingerprint density at radius 3 is 2.29 bits per heavy atom. The highest BCUT2D eigenvalue weighted by molar-refractivity contribution is 9.08. The minimum absolute atomic E-state index is 0.100. The Morgan fingerprint density at radius 2 is 1.86 bits per heavy atom. The molecule has 1 aromatic carbocycles. The van der Waals surface area contributed by atoms with E-state index in [0.29, 0.717) is 6.07 Å². The topological polar surface area (TPSA) is 0 Å². The maximum absolute atomic E-state index is 13.0. The molecule has 0 radical (unpaired) electrons. The molecule has 0 heterocycles. The zero-order valence-electron chi connectivity index (χ0n) is 6.63. The molecule has 0 fully saturated rings. The predicted octanol–water partition coefficient (Wildman–Crippen LogP) is 4.39. The van der Waals surface area contributed by atoms with E-state index < -0.39 is 22.6 Å². The van der Waals surface area contributed by atoms with Gasteiger partial charge in [-0.3, -0.25) is 0 Å². The number of benzene rings is 1. The van der Waals surface area contributed by atoms with Crippen LogP contribution >= 0.6 is 27.5 Å². The molecule has 0 aliphatic heterocycles. The average Bonchev–Trinajstić information content (AvgIpc) is 2.06. The van der Waals surface area contributed by atoms with E-state index in [2.05, 4.69) is 15.9 Å². The lowest BCUT2D eigenvalue weighted by Crippen LogP contribution is -2.07. The van der Waals surface area contributed by atoms with Gasteiger partial charge in [0.2, 0.25) is 0 Å². The molecule has 0 saturated heterocycles. The van der Waals surface area contributed by atoms with Gasteiger partial charge in [0.15, 0.2) is 0 Å². The van der Waals surface area contributed by atoms with Crippen molar-refractivity contribution in [3.05, 3.63) is 34.1 Å². The SMILES string of the molecule is Fc1cc(C(F)(F)F)c(Cl)cc1CBr. The highest BCUT2D eigenvalue weighted by Crippen LogP contribution is 2.36. The summed E-state index contributed by atoms with van der Waals surface area (Å²) in [6.07, 6.45) is -4.62. The first kappa shape index (κ1) is 11.8. The van der Waals surface area contributed by atoms with Crippen molar-refractivity contribution in [3.8, 4) is 0 Å². The normalized spacial score (nSPS) is 11.9. The van der Waals surface area contributed by atoms with Gasteiger partial charge in [-0.1, -0.05) is 27.5 Å². The van der Waals surface area contributed by atoms with Gasteiger partial charge in [-0.15, -0.1) is 0 Å². The van der Waals surface area contributed by atoms with Crippen molar-refractivity contribution in [1.82, 2.24) is 0 Å². The van der Waals surface area contributed by atoms with E-state index in [-0.39, 0.29) is 10.9 Å². The molecule has 0 aromatic heterocycles. The molecule has 0 unspecified atom stereocenters. The van der Waals surface area contributed by atoms with Crippen LogP contribution in [0.15, 0.2) is 12.1 Å². The van der Waals surface area contributed by atoms with Crippen LogP contribution in [0.5, 0.6) is 0 Å². The Hall–Kier alpha value is -0.290. The third kappa shape index (κ3) is 2.39. The minimum Gasteiger partial charge on any atom is -0.207 e. The summed E-state index contributed by atoms with van der Waals surface area (Å²) in [7, 11) is 0. The molecule has 6 heteroatoms. The van der Waals surface area contributed by atoms with Crippen LogP contribution in [0.25, 0.3) is 0 Å². The fourth-order valence-corrected chi connectivity index (χ4v) is 1.63. The molecule has 0 saturated carbocycles. The fraction of sp³-hybridized carbons (Fsp3) is 0.250. The van der Waals surface area contributed by atoms with Crippen molar-refractivity contribution < 1.29 is 17.6 Å². The van der Waals surface area contributed by atoms with E-state index in [4.69, 9.17) is 11.6 Å². The molecular weight excluding hydrogens is 287 g/mol. The molecule has 0 spiro atoms. The molecule has 0 N–H and O–H groups in total. The highest BCUT2D eigenvalue weighted by atomic mass is 79.9. The summed E-state index contributed by atoms with van der Waals surface area (Å²) < 4.78 is 49.6. The summed E-state index contributed by atoms with van der Waals surface area (Å²) in [4.78, 5) is 0. The molecule has 0 aliphatic rings. The maximum atomic E-state index is 13.0. The van der Waals surface area contributed by atoms with Gasteiger partial charge < -0.3 is 0 Å². The first-order valence-electron chi connectivity index (χ1n) is 3.47. The van der Waals surface area contributed by atoms with Crippen LogP contribution in [-0.4, -0.2) is 0 Å². The lowest BCUT2D eigenvalue weighted by Gasteiger charge is -2.10. The average molecular weight is 291 g/mol. The van der Waals surface area contributed by atoms with Crippen molar-refractivity contribution in [2.24, 2.45) is 0 Å². The molecule has 1 rings (SSSR count). The van der Waals surface area contributed by atoms with E-state index in [1.54, 1.807) is 0 Å². The van der Waals surface area contributed by atoms with Crippen LogP contribution in [-0.2, 0) is 11.5 Å². The van der Waals surface area contributed by atoms with Crippen LogP contribution in [0.4, 0.5) is 17.6 Å². The number of alkyl halides is 4. The largest absolute Gasteiger partial charge is 0.417 e. The van der Waals surface area contributed by atoms with Gasteiger partial charge >= 0.3 is 6.18 Å². The second-order valence-electron chi connectivity index (χ2n) is 2.55. The molecule has 0 atom stereocenters. The maximum Gasteiger partial charge on any atom is 0.417 e. The van der Waals surface area contributed by atoms with Gasteiger partial charge in [-0.05, 0) is 17.7 Å². The summed E-state index contributed by atoms with van der Waals surface area (Å²) in [5.74, 6) is -0.918. The van der Waals surface area contributed by atoms with Gasteiger partial charge in [0.1, 0.15) is 5.82 Å². The zero-order chi connectivity index (χ0) is 10.9. The quantitative estimate of drug-likeness (QED) is 0.531. The van der Waals surface area contributed by atoms with E-state index in [1.807, 2.05) is 0 Å². The van der Waals surface area contributed by atoms with Crippen molar-refractivity contribution in [2.75, 3.05) is 0 Å². The number of hydrogen-bond acceptors (Lipinski definition) is 0. The summed E-state index contributed by atoms with van der Waals surface area (Å²) in [5.41, 5.74) is -1.05. The Labute approximate surface area is 91.0 Å². The third-order valence-corrected chi connectivity index (χ3v) is 2.50. The number of rotatable bonds is 1. The monoisotopic (exact) mass is 290 g/mol. The lowest BCUT2D eigenvalue weighted by molar-refractivity contribution is -0.137. The molecular formula is C8H4BrClF4. The summed E-state index contributed by atoms with van der Waals surface area (Å²) >= 11 is 8.29. The van der Waals surface area contributed by atoms with E-state index in [0.717, 1.165) is 6.07 Å². The Kier molecular flexibility index (Phi) is 3.42. The van der Waals surface area contributed by atoms with E-state index in [1.165, 1.54) is 0 Å². The summed E-state index contributed by atoms with van der Waals surface area (Å²) in [6, 6.07) is 1.37. The number of halogens is 6. The Balaban J connectivity index is 3.29. The first-order chi connectivity index (χ1) is 6.36. The minimum atomic E-state index is -4.62. The van der Waals surface area contributed by atoms with Crippen molar-refractivity contribution in [2.45, 2.75) is 11.5 Å². The third-order valence-electron chi connectivity index (χ3n) is 1.59. The standard InChI is InChI=1S/C8H4BrClF4/c9-3-4-1-6(10)5(2-7(4)11)8(12,13)14/h1-2H,3H2. The molecule has 0 bridgehead atoms. The van der Waals surface area contributed by atoms with Gasteiger partial charge in [0.05, 0.1) is 10.6 Å². The summed E-state index contributed by atoms with van der Waals surface area (Å²) in [5, 5.41) is -0.371. The number of hydrogen-bond donors (Lipinski definition) is 0. The highest BCUT2D eigenvalue weighted by Gasteiger charge is 2.34. The van der Waals surface area contributed by atoms with Crippen LogP contribution in [0.3, 0.4) is 0 Å². The lowest BCUT2D eigenvalue weighted by atomic mass is 10.1. The van der Waals surface area contributed by atoms with Crippen molar-refractivity contribution in [3.63, 3.8) is 0 Å². The van der Waals surface area contributed by atoms with Crippen LogP contribution < -0.4 is 0 Å². The summed E-state index contributed by atoms with van der Waals surface area (Å²) in [6.45, 7) is 0. The fourth-order valence-electron chi connectivity index (χ4n) is 0.908. The molecule has 0 aliphatic carbocycles. The van der Waals surface area contributed by atoms with E-state index in [9.17, 15) is 17.6 Å². The second-order valence-corrected chi connectivity index (χ2v) is 3.52. The van der Waals surface area contributed by atoms with Gasteiger partial charge in [0.25, 0.3) is 0 Å². The Bertz CT molecular complexity index is 348.